The van der Waals surface area contributed by atoms with Crippen molar-refractivity contribution in [1.82, 2.24) is 0 Å². The van der Waals surface area contributed by atoms with Gasteiger partial charge in [-0.05, 0) is 30.9 Å². The number of hydrogen-bond donors (Lipinski definition) is 2. The molecule has 96 valence electrons. The molecular formula is C13H14ClNO3. The fourth-order valence-electron chi connectivity index (χ4n) is 1.98. The molecule has 1 aliphatic carbocycles. The molecule has 4 nitrogen and oxygen atoms in total. The number of hydrogen-bond acceptors (Lipinski definition) is 2. The van der Waals surface area contributed by atoms with Gasteiger partial charge >= 0.3 is 5.97 Å². The van der Waals surface area contributed by atoms with E-state index in [1.54, 1.807) is 12.1 Å². The SMILES string of the molecule is O=C(CC1CCC1)Nc1c(Cl)cccc1C(=O)O. The zero-order valence-corrected chi connectivity index (χ0v) is 10.5. The molecule has 0 aliphatic heterocycles. The third-order valence-corrected chi connectivity index (χ3v) is 3.52. The molecule has 1 aromatic carbocycles. The summed E-state index contributed by atoms with van der Waals surface area (Å²) >= 11 is 5.92. The standard InChI is InChI=1S/C13H14ClNO3/c14-10-6-2-5-9(13(17)18)12(10)15-11(16)7-8-3-1-4-8/h2,5-6,8H,1,3-4,7H2,(H,15,16)(H,17,18). The Bertz CT molecular complexity index is 483. The van der Waals surface area contributed by atoms with E-state index in [0.717, 1.165) is 12.8 Å². The number of halogens is 1. The van der Waals surface area contributed by atoms with Gasteiger partial charge in [-0.2, -0.15) is 0 Å². The van der Waals surface area contributed by atoms with Crippen LogP contribution in [0.1, 0.15) is 36.0 Å². The average molecular weight is 268 g/mol. The van der Waals surface area contributed by atoms with Gasteiger partial charge in [0.05, 0.1) is 16.3 Å². The summed E-state index contributed by atoms with van der Waals surface area (Å²) < 4.78 is 0. The molecule has 0 heterocycles. The van der Waals surface area contributed by atoms with E-state index < -0.39 is 5.97 Å². The molecule has 1 saturated carbocycles. The monoisotopic (exact) mass is 267 g/mol. The molecule has 2 rings (SSSR count). The van der Waals surface area contributed by atoms with E-state index in [2.05, 4.69) is 5.32 Å². The number of amides is 1. The Morgan fingerprint density at radius 3 is 2.67 bits per heavy atom. The van der Waals surface area contributed by atoms with E-state index in [1.165, 1.54) is 12.5 Å². The highest BCUT2D eigenvalue weighted by Crippen LogP contribution is 2.31. The van der Waals surface area contributed by atoms with Crippen LogP contribution in [0.4, 0.5) is 5.69 Å². The largest absolute Gasteiger partial charge is 0.478 e. The maximum atomic E-state index is 11.8. The van der Waals surface area contributed by atoms with Crippen LogP contribution in [0.5, 0.6) is 0 Å². The smallest absolute Gasteiger partial charge is 0.337 e. The Morgan fingerprint density at radius 1 is 1.39 bits per heavy atom. The summed E-state index contributed by atoms with van der Waals surface area (Å²) in [6.07, 6.45) is 3.75. The van der Waals surface area contributed by atoms with Gasteiger partial charge in [-0.25, -0.2) is 4.79 Å². The molecule has 0 spiro atoms. The molecule has 1 aromatic rings. The third kappa shape index (κ3) is 2.82. The molecule has 0 saturated heterocycles. The maximum Gasteiger partial charge on any atom is 0.337 e. The molecule has 0 bridgehead atoms. The van der Waals surface area contributed by atoms with Gasteiger partial charge in [0.25, 0.3) is 0 Å². The van der Waals surface area contributed by atoms with Crippen molar-refractivity contribution in [1.29, 1.82) is 0 Å². The van der Waals surface area contributed by atoms with Gasteiger partial charge in [-0.15, -0.1) is 0 Å². The molecule has 0 aromatic heterocycles. The van der Waals surface area contributed by atoms with Crippen molar-refractivity contribution in [3.63, 3.8) is 0 Å². The molecule has 0 atom stereocenters. The van der Waals surface area contributed by atoms with E-state index in [4.69, 9.17) is 16.7 Å². The molecule has 18 heavy (non-hydrogen) atoms. The second-order valence-electron chi connectivity index (χ2n) is 4.52. The number of rotatable bonds is 4. The van der Waals surface area contributed by atoms with Crippen molar-refractivity contribution in [3.05, 3.63) is 28.8 Å². The van der Waals surface area contributed by atoms with E-state index in [9.17, 15) is 9.59 Å². The fourth-order valence-corrected chi connectivity index (χ4v) is 2.20. The predicted molar refractivity (Wildman–Crippen MR) is 69.0 cm³/mol. The summed E-state index contributed by atoms with van der Waals surface area (Å²) in [5, 5.41) is 11.9. The van der Waals surface area contributed by atoms with Crippen molar-refractivity contribution in [3.8, 4) is 0 Å². The summed E-state index contributed by atoms with van der Waals surface area (Å²) in [6.45, 7) is 0. The van der Waals surface area contributed by atoms with Crippen LogP contribution in [0.3, 0.4) is 0 Å². The lowest BCUT2D eigenvalue weighted by molar-refractivity contribution is -0.117. The Kier molecular flexibility index (Phi) is 3.87. The summed E-state index contributed by atoms with van der Waals surface area (Å²) in [5.74, 6) is -0.840. The Balaban J connectivity index is 2.11. The zero-order valence-electron chi connectivity index (χ0n) is 9.78. The Hall–Kier alpha value is -1.55. The number of carbonyl (C=O) groups excluding carboxylic acids is 1. The van der Waals surface area contributed by atoms with Crippen LogP contribution in [0.2, 0.25) is 5.02 Å². The second kappa shape index (κ2) is 5.40. The van der Waals surface area contributed by atoms with Gasteiger partial charge < -0.3 is 10.4 Å². The summed E-state index contributed by atoms with van der Waals surface area (Å²) in [5.41, 5.74) is 0.209. The van der Waals surface area contributed by atoms with Crippen LogP contribution in [0.25, 0.3) is 0 Å². The number of nitrogens with one attached hydrogen (secondary N) is 1. The van der Waals surface area contributed by atoms with Gasteiger partial charge in [0.15, 0.2) is 0 Å². The highest BCUT2D eigenvalue weighted by molar-refractivity contribution is 6.34. The lowest BCUT2D eigenvalue weighted by Gasteiger charge is -2.24. The van der Waals surface area contributed by atoms with Crippen LogP contribution in [0.15, 0.2) is 18.2 Å². The molecule has 1 fully saturated rings. The lowest BCUT2D eigenvalue weighted by atomic mass is 9.83. The first-order chi connectivity index (χ1) is 8.58. The maximum absolute atomic E-state index is 11.8. The van der Waals surface area contributed by atoms with Crippen LogP contribution in [0, 0.1) is 5.92 Å². The Morgan fingerprint density at radius 2 is 2.11 bits per heavy atom. The van der Waals surface area contributed by atoms with Gasteiger partial charge in [0, 0.05) is 6.42 Å². The number of para-hydroxylation sites is 1. The highest BCUT2D eigenvalue weighted by Gasteiger charge is 2.22. The van der Waals surface area contributed by atoms with Crippen LogP contribution >= 0.6 is 11.6 Å². The second-order valence-corrected chi connectivity index (χ2v) is 4.92. The number of benzene rings is 1. The molecular weight excluding hydrogens is 254 g/mol. The first-order valence-corrected chi connectivity index (χ1v) is 6.27. The molecule has 2 N–H and O–H groups in total. The lowest BCUT2D eigenvalue weighted by Crippen LogP contribution is -2.22. The van der Waals surface area contributed by atoms with Gasteiger partial charge in [-0.3, -0.25) is 4.79 Å². The fraction of sp³-hybridized carbons (Fsp3) is 0.385. The minimum absolute atomic E-state index is 0.0180. The Labute approximate surface area is 110 Å². The van der Waals surface area contributed by atoms with Gasteiger partial charge in [0.2, 0.25) is 5.91 Å². The van der Waals surface area contributed by atoms with E-state index >= 15 is 0 Å². The minimum atomic E-state index is -1.10. The van der Waals surface area contributed by atoms with E-state index in [1.807, 2.05) is 0 Å². The number of carboxylic acids is 1. The number of carbonyl (C=O) groups is 2. The molecule has 0 radical (unpaired) electrons. The van der Waals surface area contributed by atoms with E-state index in [0.29, 0.717) is 12.3 Å². The van der Waals surface area contributed by atoms with Crippen molar-refractivity contribution in [2.24, 2.45) is 5.92 Å². The number of aromatic carboxylic acids is 1. The summed E-state index contributed by atoms with van der Waals surface area (Å²) in [7, 11) is 0. The first-order valence-electron chi connectivity index (χ1n) is 5.89. The van der Waals surface area contributed by atoms with E-state index in [-0.39, 0.29) is 22.2 Å². The predicted octanol–water partition coefficient (Wildman–Crippen LogP) is 3.17. The minimum Gasteiger partial charge on any atom is -0.478 e. The van der Waals surface area contributed by atoms with Crippen LogP contribution in [-0.2, 0) is 4.79 Å². The molecule has 0 unspecified atom stereocenters. The van der Waals surface area contributed by atoms with Crippen LogP contribution < -0.4 is 5.32 Å². The number of anilines is 1. The zero-order chi connectivity index (χ0) is 13.1. The molecule has 5 heteroatoms. The van der Waals surface area contributed by atoms with Crippen molar-refractivity contribution in [2.45, 2.75) is 25.7 Å². The van der Waals surface area contributed by atoms with Gasteiger partial charge in [0.1, 0.15) is 0 Å². The van der Waals surface area contributed by atoms with Crippen molar-refractivity contribution in [2.75, 3.05) is 5.32 Å². The van der Waals surface area contributed by atoms with Gasteiger partial charge in [-0.1, -0.05) is 24.1 Å². The number of carboxylic acid groups (broad SMARTS) is 1. The highest BCUT2D eigenvalue weighted by atomic mass is 35.5. The topological polar surface area (TPSA) is 66.4 Å². The third-order valence-electron chi connectivity index (χ3n) is 3.21. The summed E-state index contributed by atoms with van der Waals surface area (Å²) in [6, 6.07) is 4.54. The normalized spacial score (nSPS) is 14.9. The molecule has 1 aliphatic rings. The quantitative estimate of drug-likeness (QED) is 0.880. The van der Waals surface area contributed by atoms with Crippen molar-refractivity contribution >= 4 is 29.2 Å². The van der Waals surface area contributed by atoms with Crippen LogP contribution in [-0.4, -0.2) is 17.0 Å². The van der Waals surface area contributed by atoms with Crippen molar-refractivity contribution < 1.29 is 14.7 Å². The first kappa shape index (κ1) is 12.9. The average Bonchev–Trinajstić information content (AvgIpc) is 2.26. The summed E-state index contributed by atoms with van der Waals surface area (Å²) in [4.78, 5) is 22.8. The molecule has 1 amide bonds.